The lowest BCUT2D eigenvalue weighted by Gasteiger charge is -2.06. The van der Waals surface area contributed by atoms with Crippen molar-refractivity contribution in [2.75, 3.05) is 5.32 Å². The van der Waals surface area contributed by atoms with Gasteiger partial charge in [0, 0.05) is 11.4 Å². The number of aromatic nitrogens is 2. The molecule has 0 bridgehead atoms. The average molecular weight is 219 g/mol. The van der Waals surface area contributed by atoms with E-state index in [9.17, 15) is 4.39 Å². The van der Waals surface area contributed by atoms with Gasteiger partial charge in [-0.05, 0) is 37.6 Å². The van der Waals surface area contributed by atoms with Crippen LogP contribution in [-0.2, 0) is 6.54 Å². The maximum absolute atomic E-state index is 13.0. The lowest BCUT2D eigenvalue weighted by molar-refractivity contribution is 0.618. The van der Waals surface area contributed by atoms with Crippen molar-refractivity contribution in [1.29, 1.82) is 0 Å². The lowest BCUT2D eigenvalue weighted by atomic mass is 10.2. The van der Waals surface area contributed by atoms with Crippen LogP contribution in [0.2, 0.25) is 0 Å². The molecule has 1 aromatic carbocycles. The third-order valence-electron chi connectivity index (χ3n) is 2.55. The van der Waals surface area contributed by atoms with Gasteiger partial charge in [-0.1, -0.05) is 0 Å². The molecule has 0 atom stereocenters. The third kappa shape index (κ3) is 2.21. The number of anilines is 1. The molecule has 0 saturated carbocycles. The molecule has 2 rings (SSSR count). The predicted molar refractivity (Wildman–Crippen MR) is 61.8 cm³/mol. The molecule has 0 aliphatic carbocycles. The first-order chi connectivity index (χ1) is 7.66. The molecule has 0 saturated heterocycles. The second-order valence-corrected chi connectivity index (χ2v) is 3.79. The van der Waals surface area contributed by atoms with Crippen molar-refractivity contribution >= 4 is 5.69 Å². The van der Waals surface area contributed by atoms with E-state index in [-0.39, 0.29) is 5.82 Å². The van der Waals surface area contributed by atoms with E-state index in [1.54, 1.807) is 25.4 Å². The number of aromatic amines is 1. The van der Waals surface area contributed by atoms with Crippen LogP contribution in [0.4, 0.5) is 10.1 Å². The molecule has 0 aliphatic heterocycles. The maximum Gasteiger partial charge on any atom is 0.126 e. The number of halogens is 1. The maximum atomic E-state index is 13.0. The summed E-state index contributed by atoms with van der Waals surface area (Å²) in [6.07, 6.45) is 1.67. The first kappa shape index (κ1) is 10.7. The number of benzene rings is 1. The van der Waals surface area contributed by atoms with Gasteiger partial charge < -0.3 is 10.3 Å². The smallest absolute Gasteiger partial charge is 0.126 e. The van der Waals surface area contributed by atoms with Crippen LogP contribution < -0.4 is 5.32 Å². The summed E-state index contributed by atoms with van der Waals surface area (Å²) in [5, 5.41) is 3.21. The highest BCUT2D eigenvalue weighted by atomic mass is 19.1. The molecular weight excluding hydrogens is 205 g/mol. The van der Waals surface area contributed by atoms with Crippen molar-refractivity contribution in [1.82, 2.24) is 9.97 Å². The van der Waals surface area contributed by atoms with Gasteiger partial charge in [0.05, 0.1) is 18.6 Å². The number of rotatable bonds is 3. The molecule has 0 unspecified atom stereocenters. The van der Waals surface area contributed by atoms with Gasteiger partial charge in [0.15, 0.2) is 0 Å². The second kappa shape index (κ2) is 4.35. The number of nitrogens with one attached hydrogen (secondary N) is 2. The summed E-state index contributed by atoms with van der Waals surface area (Å²) in [7, 11) is 0. The van der Waals surface area contributed by atoms with E-state index in [0.29, 0.717) is 12.1 Å². The summed E-state index contributed by atoms with van der Waals surface area (Å²) in [5.41, 5.74) is 3.57. The van der Waals surface area contributed by atoms with Gasteiger partial charge in [-0.15, -0.1) is 0 Å². The van der Waals surface area contributed by atoms with Crippen LogP contribution in [0.1, 0.15) is 17.0 Å². The van der Waals surface area contributed by atoms with Gasteiger partial charge in [-0.3, -0.25) is 0 Å². The fourth-order valence-electron chi connectivity index (χ4n) is 1.51. The van der Waals surface area contributed by atoms with Crippen LogP contribution in [0.15, 0.2) is 24.5 Å². The molecule has 0 aliphatic rings. The van der Waals surface area contributed by atoms with Gasteiger partial charge in [0.2, 0.25) is 0 Å². The Balaban J connectivity index is 2.05. The normalized spacial score (nSPS) is 10.4. The van der Waals surface area contributed by atoms with E-state index in [1.165, 1.54) is 6.07 Å². The molecule has 0 amide bonds. The van der Waals surface area contributed by atoms with Crippen LogP contribution in [0.3, 0.4) is 0 Å². The number of nitrogens with zero attached hydrogens (tertiary/aromatic N) is 1. The minimum atomic E-state index is -0.179. The zero-order valence-corrected chi connectivity index (χ0v) is 9.34. The zero-order valence-electron chi connectivity index (χ0n) is 9.34. The first-order valence-corrected chi connectivity index (χ1v) is 5.15. The zero-order chi connectivity index (χ0) is 11.5. The largest absolute Gasteiger partial charge is 0.379 e. The Labute approximate surface area is 93.7 Å². The molecule has 0 radical (unpaired) electrons. The monoisotopic (exact) mass is 219 g/mol. The van der Waals surface area contributed by atoms with Gasteiger partial charge in [0.1, 0.15) is 5.82 Å². The summed E-state index contributed by atoms with van der Waals surface area (Å²) >= 11 is 0. The number of H-pyrrole nitrogens is 1. The molecule has 1 heterocycles. The van der Waals surface area contributed by atoms with Gasteiger partial charge in [0.25, 0.3) is 0 Å². The van der Waals surface area contributed by atoms with Crippen molar-refractivity contribution in [3.05, 3.63) is 47.3 Å². The number of hydrogen-bond acceptors (Lipinski definition) is 2. The number of hydrogen-bond donors (Lipinski definition) is 2. The van der Waals surface area contributed by atoms with Gasteiger partial charge in [-0.2, -0.15) is 0 Å². The quantitative estimate of drug-likeness (QED) is 0.833. The van der Waals surface area contributed by atoms with Crippen molar-refractivity contribution in [3.8, 4) is 0 Å². The van der Waals surface area contributed by atoms with Crippen molar-refractivity contribution in [3.63, 3.8) is 0 Å². The average Bonchev–Trinajstić information content (AvgIpc) is 2.66. The van der Waals surface area contributed by atoms with E-state index >= 15 is 0 Å². The second-order valence-electron chi connectivity index (χ2n) is 3.79. The Morgan fingerprint density at radius 3 is 2.81 bits per heavy atom. The van der Waals surface area contributed by atoms with E-state index in [0.717, 1.165) is 17.1 Å². The van der Waals surface area contributed by atoms with E-state index < -0.39 is 0 Å². The highest BCUT2D eigenvalue weighted by Gasteiger charge is 2.02. The van der Waals surface area contributed by atoms with Gasteiger partial charge >= 0.3 is 0 Å². The fraction of sp³-hybridized carbons (Fsp3) is 0.250. The fourth-order valence-corrected chi connectivity index (χ4v) is 1.51. The molecule has 3 nitrogen and oxygen atoms in total. The van der Waals surface area contributed by atoms with E-state index in [2.05, 4.69) is 15.3 Å². The highest BCUT2D eigenvalue weighted by molar-refractivity contribution is 5.46. The SMILES string of the molecule is Cc1cc(NCc2nc[nH]c2C)ccc1F. The molecule has 4 heteroatoms. The molecule has 2 aromatic rings. The van der Waals surface area contributed by atoms with Crippen LogP contribution in [0.5, 0.6) is 0 Å². The predicted octanol–water partition coefficient (Wildman–Crippen LogP) is 2.78. The summed E-state index contributed by atoms with van der Waals surface area (Å²) in [6, 6.07) is 4.98. The summed E-state index contributed by atoms with van der Waals surface area (Å²) in [6.45, 7) is 4.36. The Hall–Kier alpha value is -1.84. The molecule has 0 fully saturated rings. The summed E-state index contributed by atoms with van der Waals surface area (Å²) in [5.74, 6) is -0.179. The van der Waals surface area contributed by atoms with Crippen LogP contribution in [0, 0.1) is 19.7 Å². The van der Waals surface area contributed by atoms with Crippen molar-refractivity contribution in [2.45, 2.75) is 20.4 Å². The Bertz CT molecular complexity index is 491. The molecular formula is C12H14FN3. The molecule has 84 valence electrons. The van der Waals surface area contributed by atoms with E-state index in [1.807, 2.05) is 6.92 Å². The minimum Gasteiger partial charge on any atom is -0.379 e. The van der Waals surface area contributed by atoms with Crippen LogP contribution in [-0.4, -0.2) is 9.97 Å². The highest BCUT2D eigenvalue weighted by Crippen LogP contribution is 2.14. The first-order valence-electron chi connectivity index (χ1n) is 5.15. The number of aryl methyl sites for hydroxylation is 2. The number of imidazole rings is 1. The van der Waals surface area contributed by atoms with Crippen molar-refractivity contribution in [2.24, 2.45) is 0 Å². The summed E-state index contributed by atoms with van der Waals surface area (Å²) < 4.78 is 13.0. The molecule has 16 heavy (non-hydrogen) atoms. The van der Waals surface area contributed by atoms with E-state index in [4.69, 9.17) is 0 Å². The van der Waals surface area contributed by atoms with Crippen LogP contribution in [0.25, 0.3) is 0 Å². The standard InChI is InChI=1S/C12H14FN3/c1-8-5-10(3-4-11(8)13)14-6-12-9(2)15-7-16-12/h3-5,7,14H,6H2,1-2H3,(H,15,16). The third-order valence-corrected chi connectivity index (χ3v) is 2.55. The topological polar surface area (TPSA) is 40.7 Å². The minimum absolute atomic E-state index is 0.179. The Morgan fingerprint density at radius 2 is 2.19 bits per heavy atom. The molecule has 1 aromatic heterocycles. The Kier molecular flexibility index (Phi) is 2.90. The van der Waals surface area contributed by atoms with Gasteiger partial charge in [-0.25, -0.2) is 9.37 Å². The Morgan fingerprint density at radius 1 is 1.38 bits per heavy atom. The lowest BCUT2D eigenvalue weighted by Crippen LogP contribution is -2.01. The molecule has 0 spiro atoms. The van der Waals surface area contributed by atoms with Crippen LogP contribution >= 0.6 is 0 Å². The van der Waals surface area contributed by atoms with Crippen molar-refractivity contribution < 1.29 is 4.39 Å². The molecule has 2 N–H and O–H groups in total. The summed E-state index contributed by atoms with van der Waals surface area (Å²) in [4.78, 5) is 7.19.